The Kier molecular flexibility index (Phi) is 3.92. The first-order chi connectivity index (χ1) is 10.9. The van der Waals surface area contributed by atoms with Crippen LogP contribution < -0.4 is 11.1 Å². The maximum Gasteiger partial charge on any atom is 0.419 e. The van der Waals surface area contributed by atoms with Crippen LogP contribution in [-0.2, 0) is 18.3 Å². The van der Waals surface area contributed by atoms with Crippen LogP contribution in [0.5, 0.6) is 0 Å². The zero-order valence-corrected chi connectivity index (χ0v) is 12.9. The molecule has 3 aromatic rings. The van der Waals surface area contributed by atoms with Crippen LogP contribution in [0.1, 0.15) is 5.56 Å². The summed E-state index contributed by atoms with van der Waals surface area (Å²) in [6.45, 7) is 0. The standard InChI is InChI=1S/C16H12ClFN2O3/c1-20-13-6-9(2-5-14(13)23-16(20)22)7-15(21)19-10-3-4-12(18)11(17)8-10/h2-6,8H,7H2,1H3,(H,19,21). The average molecular weight is 335 g/mol. The van der Waals surface area contributed by atoms with Gasteiger partial charge in [-0.1, -0.05) is 17.7 Å². The molecule has 2 aromatic carbocycles. The molecule has 23 heavy (non-hydrogen) atoms. The number of aromatic nitrogens is 1. The molecule has 1 heterocycles. The van der Waals surface area contributed by atoms with Gasteiger partial charge in [0.15, 0.2) is 5.58 Å². The number of carbonyl (C=O) groups excluding carboxylic acids is 1. The smallest absolute Gasteiger partial charge is 0.408 e. The summed E-state index contributed by atoms with van der Waals surface area (Å²) in [5, 5.41) is 2.59. The number of halogens is 2. The van der Waals surface area contributed by atoms with Crippen molar-refractivity contribution in [2.75, 3.05) is 5.32 Å². The van der Waals surface area contributed by atoms with E-state index in [4.69, 9.17) is 16.0 Å². The van der Waals surface area contributed by atoms with E-state index >= 15 is 0 Å². The molecular formula is C16H12ClFN2O3. The van der Waals surface area contributed by atoms with Crippen molar-refractivity contribution in [2.45, 2.75) is 6.42 Å². The number of rotatable bonds is 3. The van der Waals surface area contributed by atoms with Crippen molar-refractivity contribution < 1.29 is 13.6 Å². The second-order valence-electron chi connectivity index (χ2n) is 5.08. The molecule has 118 valence electrons. The number of anilines is 1. The summed E-state index contributed by atoms with van der Waals surface area (Å²) < 4.78 is 19.5. The molecule has 0 radical (unpaired) electrons. The first-order valence-corrected chi connectivity index (χ1v) is 7.15. The van der Waals surface area contributed by atoms with Gasteiger partial charge in [0, 0.05) is 12.7 Å². The van der Waals surface area contributed by atoms with Crippen molar-refractivity contribution in [1.82, 2.24) is 4.57 Å². The van der Waals surface area contributed by atoms with E-state index in [1.54, 1.807) is 25.2 Å². The highest BCUT2D eigenvalue weighted by Gasteiger charge is 2.10. The van der Waals surface area contributed by atoms with Crippen molar-refractivity contribution in [1.29, 1.82) is 0 Å². The summed E-state index contributed by atoms with van der Waals surface area (Å²) in [5.74, 6) is -1.28. The monoisotopic (exact) mass is 334 g/mol. The second kappa shape index (κ2) is 5.89. The number of fused-ring (bicyclic) bond motifs is 1. The highest BCUT2D eigenvalue weighted by Crippen LogP contribution is 2.20. The number of carbonyl (C=O) groups is 1. The van der Waals surface area contributed by atoms with Gasteiger partial charge in [0.05, 0.1) is 17.0 Å². The first-order valence-electron chi connectivity index (χ1n) is 6.77. The Hall–Kier alpha value is -2.60. The third kappa shape index (κ3) is 3.12. The minimum atomic E-state index is -0.545. The Balaban J connectivity index is 1.78. The van der Waals surface area contributed by atoms with E-state index in [1.807, 2.05) is 0 Å². The average Bonchev–Trinajstić information content (AvgIpc) is 2.78. The zero-order chi connectivity index (χ0) is 16.6. The van der Waals surface area contributed by atoms with Crippen LogP contribution in [0.3, 0.4) is 0 Å². The molecule has 1 amide bonds. The zero-order valence-electron chi connectivity index (χ0n) is 12.1. The molecule has 7 heteroatoms. The van der Waals surface area contributed by atoms with E-state index in [1.165, 1.54) is 22.8 Å². The van der Waals surface area contributed by atoms with Crippen LogP contribution in [0.4, 0.5) is 10.1 Å². The number of oxazole rings is 1. The van der Waals surface area contributed by atoms with Crippen LogP contribution in [0, 0.1) is 5.82 Å². The third-order valence-corrected chi connectivity index (χ3v) is 3.71. The lowest BCUT2D eigenvalue weighted by Gasteiger charge is -2.06. The predicted molar refractivity (Wildman–Crippen MR) is 85.2 cm³/mol. The molecule has 3 rings (SSSR count). The molecule has 0 saturated carbocycles. The molecule has 0 fully saturated rings. The fourth-order valence-corrected chi connectivity index (χ4v) is 2.43. The summed E-state index contributed by atoms with van der Waals surface area (Å²) in [5.41, 5.74) is 2.22. The minimum absolute atomic E-state index is 0.0578. The van der Waals surface area contributed by atoms with Crippen molar-refractivity contribution >= 4 is 34.3 Å². The van der Waals surface area contributed by atoms with Crippen molar-refractivity contribution in [2.24, 2.45) is 7.05 Å². The van der Waals surface area contributed by atoms with Crippen molar-refractivity contribution in [3.8, 4) is 0 Å². The van der Waals surface area contributed by atoms with Crippen LogP contribution >= 0.6 is 11.6 Å². The van der Waals surface area contributed by atoms with E-state index < -0.39 is 11.6 Å². The summed E-state index contributed by atoms with van der Waals surface area (Å²) in [7, 11) is 1.60. The number of amides is 1. The Bertz CT molecular complexity index is 962. The maximum atomic E-state index is 13.1. The number of benzene rings is 2. The molecule has 1 N–H and O–H groups in total. The fourth-order valence-electron chi connectivity index (χ4n) is 2.25. The molecule has 0 aliphatic heterocycles. The van der Waals surface area contributed by atoms with Gasteiger partial charge in [-0.3, -0.25) is 9.36 Å². The summed E-state index contributed by atoms with van der Waals surface area (Å²) in [6, 6.07) is 9.04. The van der Waals surface area contributed by atoms with Gasteiger partial charge in [-0.05, 0) is 35.9 Å². The van der Waals surface area contributed by atoms with E-state index in [2.05, 4.69) is 5.32 Å². The molecule has 0 atom stereocenters. The number of nitrogens with one attached hydrogen (secondary N) is 1. The van der Waals surface area contributed by atoms with E-state index in [9.17, 15) is 14.0 Å². The SMILES string of the molecule is Cn1c(=O)oc2ccc(CC(=O)Nc3ccc(F)c(Cl)c3)cc21. The summed E-state index contributed by atoms with van der Waals surface area (Å²) >= 11 is 5.67. The van der Waals surface area contributed by atoms with Crippen LogP contribution in [0.2, 0.25) is 5.02 Å². The molecule has 0 aliphatic carbocycles. The lowest BCUT2D eigenvalue weighted by atomic mass is 10.1. The van der Waals surface area contributed by atoms with Gasteiger partial charge in [0.1, 0.15) is 5.82 Å². The topological polar surface area (TPSA) is 64.2 Å². The first kappa shape index (κ1) is 15.3. The van der Waals surface area contributed by atoms with Gasteiger partial charge >= 0.3 is 5.76 Å². The van der Waals surface area contributed by atoms with Crippen LogP contribution in [-0.4, -0.2) is 10.5 Å². The Morgan fingerprint density at radius 2 is 2.09 bits per heavy atom. The normalized spacial score (nSPS) is 10.9. The van der Waals surface area contributed by atoms with Crippen molar-refractivity contribution in [3.63, 3.8) is 0 Å². The molecule has 1 aromatic heterocycles. The van der Waals surface area contributed by atoms with Gasteiger partial charge in [-0.2, -0.15) is 0 Å². The maximum absolute atomic E-state index is 13.1. The molecule has 0 spiro atoms. The fraction of sp³-hybridized carbons (Fsp3) is 0.125. The van der Waals surface area contributed by atoms with E-state index in [0.29, 0.717) is 16.8 Å². The molecule has 0 aliphatic rings. The van der Waals surface area contributed by atoms with Gasteiger partial charge in [-0.25, -0.2) is 9.18 Å². The predicted octanol–water partition coefficient (Wildman–Crippen LogP) is 3.11. The third-order valence-electron chi connectivity index (χ3n) is 3.42. The molecule has 5 nitrogen and oxygen atoms in total. The second-order valence-corrected chi connectivity index (χ2v) is 5.49. The van der Waals surface area contributed by atoms with Gasteiger partial charge < -0.3 is 9.73 Å². The minimum Gasteiger partial charge on any atom is -0.408 e. The van der Waals surface area contributed by atoms with E-state index in [-0.39, 0.29) is 17.4 Å². The van der Waals surface area contributed by atoms with Gasteiger partial charge in [-0.15, -0.1) is 0 Å². The molecule has 0 unspecified atom stereocenters. The Labute approximate surface area is 135 Å². The lowest BCUT2D eigenvalue weighted by molar-refractivity contribution is -0.115. The molecular weight excluding hydrogens is 323 g/mol. The summed E-state index contributed by atoms with van der Waals surface area (Å²) in [6.07, 6.45) is 0.101. The highest BCUT2D eigenvalue weighted by atomic mass is 35.5. The molecule has 0 bridgehead atoms. The number of nitrogens with zero attached hydrogens (tertiary/aromatic N) is 1. The number of hydrogen-bond donors (Lipinski definition) is 1. The van der Waals surface area contributed by atoms with Crippen LogP contribution in [0.25, 0.3) is 11.1 Å². The van der Waals surface area contributed by atoms with Crippen LogP contribution in [0.15, 0.2) is 45.6 Å². The number of aryl methyl sites for hydroxylation is 1. The molecule has 0 saturated heterocycles. The lowest BCUT2D eigenvalue weighted by Crippen LogP contribution is -2.14. The van der Waals surface area contributed by atoms with Gasteiger partial charge in [0.2, 0.25) is 5.91 Å². The van der Waals surface area contributed by atoms with Gasteiger partial charge in [0.25, 0.3) is 0 Å². The Morgan fingerprint density at radius 3 is 2.83 bits per heavy atom. The Morgan fingerprint density at radius 1 is 1.30 bits per heavy atom. The highest BCUT2D eigenvalue weighted by molar-refractivity contribution is 6.31. The van der Waals surface area contributed by atoms with Crippen molar-refractivity contribution in [3.05, 3.63) is 63.4 Å². The quantitative estimate of drug-likeness (QED) is 0.800. The number of hydrogen-bond acceptors (Lipinski definition) is 3. The largest absolute Gasteiger partial charge is 0.419 e. The van der Waals surface area contributed by atoms with E-state index in [0.717, 1.165) is 5.56 Å². The summed E-state index contributed by atoms with van der Waals surface area (Å²) in [4.78, 5) is 23.5.